The number of amides is 2. The van der Waals surface area contributed by atoms with E-state index in [1.54, 1.807) is 12.1 Å². The lowest BCUT2D eigenvalue weighted by Crippen LogP contribution is -2.60. The van der Waals surface area contributed by atoms with E-state index in [-0.39, 0.29) is 18.6 Å². The molecular formula is C34H39BrN3O6+. The molecule has 10 heteroatoms. The van der Waals surface area contributed by atoms with Crippen LogP contribution in [0.2, 0.25) is 0 Å². The van der Waals surface area contributed by atoms with Gasteiger partial charge in [0, 0.05) is 40.9 Å². The first-order valence-electron chi connectivity index (χ1n) is 15.1. The van der Waals surface area contributed by atoms with E-state index in [0.717, 1.165) is 34.0 Å². The number of halogens is 1. The number of quaternary nitrogens is 1. The maximum atomic E-state index is 13.1. The van der Waals surface area contributed by atoms with Crippen molar-refractivity contribution in [2.75, 3.05) is 31.8 Å². The molecule has 232 valence electrons. The van der Waals surface area contributed by atoms with E-state index in [0.29, 0.717) is 70.7 Å². The zero-order chi connectivity index (χ0) is 31.0. The van der Waals surface area contributed by atoms with Gasteiger partial charge in [-0.2, -0.15) is 0 Å². The van der Waals surface area contributed by atoms with E-state index in [2.05, 4.69) is 46.7 Å². The van der Waals surface area contributed by atoms with E-state index in [4.69, 9.17) is 14.2 Å². The molecule has 2 bridgehead atoms. The number of methoxy groups -OCH3 is 1. The summed E-state index contributed by atoms with van der Waals surface area (Å²) in [5.74, 6) is 0.396. The zero-order valence-corrected chi connectivity index (χ0v) is 26.8. The maximum Gasteiger partial charge on any atom is 0.411 e. The van der Waals surface area contributed by atoms with E-state index in [1.165, 1.54) is 7.11 Å². The van der Waals surface area contributed by atoms with Gasteiger partial charge in [-0.25, -0.2) is 4.79 Å². The molecule has 0 saturated carbocycles. The monoisotopic (exact) mass is 664 g/mol. The molecule has 6 rings (SSSR count). The van der Waals surface area contributed by atoms with Crippen LogP contribution in [0.25, 0.3) is 11.1 Å². The van der Waals surface area contributed by atoms with Gasteiger partial charge < -0.3 is 29.1 Å². The van der Waals surface area contributed by atoms with E-state index in [9.17, 15) is 14.7 Å². The van der Waals surface area contributed by atoms with Crippen molar-refractivity contribution in [2.45, 2.75) is 69.1 Å². The highest BCUT2D eigenvalue weighted by Gasteiger charge is 2.70. The van der Waals surface area contributed by atoms with Gasteiger partial charge in [0.05, 0.1) is 39.2 Å². The molecule has 44 heavy (non-hydrogen) atoms. The van der Waals surface area contributed by atoms with E-state index in [1.807, 2.05) is 42.5 Å². The van der Waals surface area contributed by atoms with E-state index >= 15 is 0 Å². The van der Waals surface area contributed by atoms with Crippen molar-refractivity contribution in [3.63, 3.8) is 0 Å². The number of aryl methyl sites for hydroxylation is 1. The number of ether oxygens (including phenoxy) is 3. The fraction of sp³-hybridized carbons (Fsp3) is 0.412. The van der Waals surface area contributed by atoms with Crippen LogP contribution >= 0.6 is 15.9 Å². The number of fused-ring (bicyclic) bond motifs is 5. The number of aliphatic hydroxyl groups excluding tert-OH is 1. The summed E-state index contributed by atoms with van der Waals surface area (Å²) < 4.78 is 18.8. The summed E-state index contributed by atoms with van der Waals surface area (Å²) >= 11 is 3.46. The largest absolute Gasteiger partial charge is 0.496 e. The fourth-order valence-corrected chi connectivity index (χ4v) is 7.46. The van der Waals surface area contributed by atoms with E-state index < -0.39 is 6.09 Å². The number of aliphatic hydroxyl groups is 1. The van der Waals surface area contributed by atoms with Crippen LogP contribution in [-0.4, -0.2) is 73.2 Å². The number of epoxide rings is 1. The third kappa shape index (κ3) is 6.21. The quantitative estimate of drug-likeness (QED) is 0.184. The fourth-order valence-electron chi connectivity index (χ4n) is 6.97. The molecule has 3 fully saturated rings. The predicted molar refractivity (Wildman–Crippen MR) is 172 cm³/mol. The number of hydrogen-bond donors (Lipinski definition) is 3. The van der Waals surface area contributed by atoms with Crippen LogP contribution in [0.5, 0.6) is 5.75 Å². The van der Waals surface area contributed by atoms with Crippen LogP contribution in [0, 0.1) is 0 Å². The Balaban J connectivity index is 1.08. The number of rotatable bonds is 10. The molecule has 0 aromatic heterocycles. The number of anilines is 2. The van der Waals surface area contributed by atoms with Gasteiger partial charge >= 0.3 is 6.09 Å². The van der Waals surface area contributed by atoms with Crippen molar-refractivity contribution in [3.05, 3.63) is 76.3 Å². The highest BCUT2D eigenvalue weighted by Crippen LogP contribution is 2.51. The number of nitrogens with zero attached hydrogens (tertiary/aromatic N) is 1. The van der Waals surface area contributed by atoms with Gasteiger partial charge in [0.15, 0.2) is 0 Å². The van der Waals surface area contributed by atoms with Crippen molar-refractivity contribution < 1.29 is 33.4 Å². The molecule has 1 unspecified atom stereocenters. The number of carbonyl (C=O) groups excluding carboxylic acids is 2. The summed E-state index contributed by atoms with van der Waals surface area (Å²) in [4.78, 5) is 25.8. The summed E-state index contributed by atoms with van der Waals surface area (Å²) in [6, 6.07) is 20.1. The second-order valence-corrected chi connectivity index (χ2v) is 13.3. The number of morpholine rings is 1. The third-order valence-electron chi connectivity index (χ3n) is 9.40. The molecule has 3 aromatic rings. The van der Waals surface area contributed by atoms with Crippen LogP contribution < -0.4 is 15.4 Å². The summed E-state index contributed by atoms with van der Waals surface area (Å²) in [7, 11) is 6.04. The second-order valence-electron chi connectivity index (χ2n) is 12.4. The standard InChI is InChI=1S/C34H38BrN3O6/c1-38(2)28-16-23(17-29(38)33-32(28)44-33)43-34(41)37-26-13-12-20(14-24(26)21-9-5-4-6-10-21)8-7-11-31(40)36-27-18-30(42-3)22(19-39)15-25(27)35/h4-6,9-10,12-15,18,23,28-29,32-33,39H,7-8,11,16-17,19H2,1-3H3,(H-,36,37,40,41)/p+1/t23?,28-,29+,32-,33+. The molecular weight excluding hydrogens is 626 g/mol. The first-order valence-corrected chi connectivity index (χ1v) is 15.9. The highest BCUT2D eigenvalue weighted by atomic mass is 79.9. The number of benzene rings is 3. The van der Waals surface area contributed by atoms with Crippen LogP contribution in [0.3, 0.4) is 0 Å². The Morgan fingerprint density at radius 3 is 2.41 bits per heavy atom. The molecule has 3 aliphatic rings. The molecule has 3 aromatic carbocycles. The Kier molecular flexibility index (Phi) is 8.70. The topological polar surface area (TPSA) is 109 Å². The average Bonchev–Trinajstić information content (AvgIpc) is 3.78. The summed E-state index contributed by atoms with van der Waals surface area (Å²) in [6.07, 6.45) is 3.34. The van der Waals surface area contributed by atoms with Crippen molar-refractivity contribution >= 4 is 39.3 Å². The molecule has 5 atom stereocenters. The van der Waals surface area contributed by atoms with Gasteiger partial charge in [-0.1, -0.05) is 36.4 Å². The van der Waals surface area contributed by atoms with Gasteiger partial charge in [0.25, 0.3) is 0 Å². The van der Waals surface area contributed by atoms with Crippen molar-refractivity contribution in [2.24, 2.45) is 0 Å². The zero-order valence-electron chi connectivity index (χ0n) is 25.2. The first kappa shape index (κ1) is 30.6. The summed E-state index contributed by atoms with van der Waals surface area (Å²) in [5.41, 5.74) is 4.86. The molecule has 0 spiro atoms. The third-order valence-corrected chi connectivity index (χ3v) is 10.1. The van der Waals surface area contributed by atoms with Crippen molar-refractivity contribution in [1.29, 1.82) is 0 Å². The molecule has 3 N–H and O–H groups in total. The van der Waals surface area contributed by atoms with Gasteiger partial charge in [-0.3, -0.25) is 10.1 Å². The lowest BCUT2D eigenvalue weighted by molar-refractivity contribution is -0.938. The maximum absolute atomic E-state index is 13.1. The molecule has 3 aliphatic heterocycles. The highest BCUT2D eigenvalue weighted by molar-refractivity contribution is 9.10. The first-order chi connectivity index (χ1) is 21.2. The lowest BCUT2D eigenvalue weighted by atomic mass is 9.96. The van der Waals surface area contributed by atoms with Gasteiger partial charge in [0.1, 0.15) is 36.1 Å². The number of hydrogen-bond acceptors (Lipinski definition) is 6. The molecule has 3 heterocycles. The summed E-state index contributed by atoms with van der Waals surface area (Å²) in [5, 5.41) is 15.4. The van der Waals surface area contributed by atoms with Crippen LogP contribution in [-0.2, 0) is 27.3 Å². The number of nitrogens with one attached hydrogen (secondary N) is 2. The van der Waals surface area contributed by atoms with Crippen molar-refractivity contribution in [1.82, 2.24) is 0 Å². The normalized spacial score (nSPS) is 24.2. The second kappa shape index (κ2) is 12.5. The minimum absolute atomic E-state index is 0.115. The van der Waals surface area contributed by atoms with Gasteiger partial charge in [-0.15, -0.1) is 0 Å². The predicted octanol–water partition coefficient (Wildman–Crippen LogP) is 5.88. The number of carbonyl (C=O) groups is 2. The van der Waals surface area contributed by atoms with Crippen molar-refractivity contribution in [3.8, 4) is 16.9 Å². The smallest absolute Gasteiger partial charge is 0.411 e. The molecule has 0 aliphatic carbocycles. The SMILES string of the molecule is COc1cc(NC(=O)CCCc2ccc(NC(=O)OC3C[C@@H]4[C@H]5O[C@H]5[C@H](C3)[N+]4(C)C)c(-c3ccccc3)c2)c(Br)cc1CO. The molecule has 2 amide bonds. The van der Waals surface area contributed by atoms with Crippen LogP contribution in [0.1, 0.15) is 36.8 Å². The molecule has 0 radical (unpaired) electrons. The minimum Gasteiger partial charge on any atom is -0.496 e. The minimum atomic E-state index is -0.437. The Bertz CT molecular complexity index is 1530. The Morgan fingerprint density at radius 1 is 1.00 bits per heavy atom. The Morgan fingerprint density at radius 2 is 1.73 bits per heavy atom. The molecule has 9 nitrogen and oxygen atoms in total. The number of piperidine rings is 1. The summed E-state index contributed by atoms with van der Waals surface area (Å²) in [6.45, 7) is -0.160. The number of likely N-dealkylation sites (N-methyl/N-ethyl adjacent to an activating group) is 1. The van der Waals surface area contributed by atoms with Gasteiger partial charge in [0.2, 0.25) is 5.91 Å². The lowest BCUT2D eigenvalue weighted by Gasteiger charge is -2.45. The Hall–Kier alpha value is -3.44. The average molecular weight is 666 g/mol. The van der Waals surface area contributed by atoms with Crippen LogP contribution in [0.4, 0.5) is 16.2 Å². The molecule has 3 saturated heterocycles. The Labute approximate surface area is 266 Å². The van der Waals surface area contributed by atoms with Gasteiger partial charge in [-0.05, 0) is 58.1 Å². The van der Waals surface area contributed by atoms with Crippen LogP contribution in [0.15, 0.2) is 65.1 Å².